The van der Waals surface area contributed by atoms with E-state index in [1.54, 1.807) is 4.68 Å². The minimum Gasteiger partial charge on any atom is -0.423 e. The summed E-state index contributed by atoms with van der Waals surface area (Å²) in [7, 11) is 0. The number of benzene rings is 2. The van der Waals surface area contributed by atoms with Crippen LogP contribution in [0.5, 0.6) is 11.8 Å². The molecule has 0 atom stereocenters. The van der Waals surface area contributed by atoms with Crippen LogP contribution in [0.4, 0.5) is 0 Å². The Bertz CT molecular complexity index is 856. The SMILES string of the molecule is c1ccc(-n2nnnc2Oc2cccc(CNC3CCCCCCC3)c2)cc1. The first-order valence-electron chi connectivity index (χ1n) is 10.2. The molecule has 4 rings (SSSR count). The van der Waals surface area contributed by atoms with Crippen molar-refractivity contribution in [1.82, 2.24) is 25.5 Å². The van der Waals surface area contributed by atoms with Crippen molar-refractivity contribution < 1.29 is 4.74 Å². The van der Waals surface area contributed by atoms with Crippen molar-refractivity contribution in [3.8, 4) is 17.4 Å². The van der Waals surface area contributed by atoms with Crippen molar-refractivity contribution in [2.45, 2.75) is 57.5 Å². The molecule has 1 aliphatic rings. The fraction of sp³-hybridized carbons (Fsp3) is 0.409. The average Bonchev–Trinajstić information content (AvgIpc) is 3.16. The van der Waals surface area contributed by atoms with Crippen LogP contribution < -0.4 is 10.1 Å². The number of hydrogen-bond acceptors (Lipinski definition) is 5. The van der Waals surface area contributed by atoms with Crippen molar-refractivity contribution in [1.29, 1.82) is 0 Å². The highest BCUT2D eigenvalue weighted by molar-refractivity contribution is 5.34. The molecule has 3 aromatic rings. The minimum absolute atomic E-state index is 0.358. The zero-order chi connectivity index (χ0) is 19.0. The average molecular weight is 377 g/mol. The molecule has 146 valence electrons. The molecule has 1 aliphatic carbocycles. The van der Waals surface area contributed by atoms with E-state index < -0.39 is 0 Å². The molecular formula is C22H27N5O. The number of tetrazole rings is 1. The monoisotopic (exact) mass is 377 g/mol. The lowest BCUT2D eigenvalue weighted by atomic mass is 9.96. The molecule has 0 aliphatic heterocycles. The molecule has 1 aromatic heterocycles. The summed E-state index contributed by atoms with van der Waals surface area (Å²) >= 11 is 0. The summed E-state index contributed by atoms with van der Waals surface area (Å²) in [6.07, 6.45) is 9.37. The van der Waals surface area contributed by atoms with Gasteiger partial charge in [0.05, 0.1) is 5.69 Å². The summed E-state index contributed by atoms with van der Waals surface area (Å²) in [5, 5.41) is 15.5. The van der Waals surface area contributed by atoms with Gasteiger partial charge in [0, 0.05) is 12.6 Å². The number of aromatic nitrogens is 4. The molecule has 0 amide bonds. The first kappa shape index (κ1) is 18.6. The van der Waals surface area contributed by atoms with Gasteiger partial charge in [-0.15, -0.1) is 0 Å². The standard InChI is InChI=1S/C22H27N5O/c1-2-5-11-19(12-6-3-1)23-17-18-10-9-15-21(16-18)28-22-24-25-26-27(22)20-13-7-4-8-14-20/h4,7-10,13-16,19,23H,1-3,5-6,11-12,17H2. The van der Waals surface area contributed by atoms with E-state index in [-0.39, 0.29) is 0 Å². The Hall–Kier alpha value is -2.73. The van der Waals surface area contributed by atoms with Crippen LogP contribution in [-0.4, -0.2) is 26.2 Å². The van der Waals surface area contributed by atoms with E-state index in [4.69, 9.17) is 4.74 Å². The smallest absolute Gasteiger partial charge is 0.345 e. The quantitative estimate of drug-likeness (QED) is 0.677. The molecule has 1 N–H and O–H groups in total. The van der Waals surface area contributed by atoms with Crippen molar-refractivity contribution in [3.05, 3.63) is 60.2 Å². The highest BCUT2D eigenvalue weighted by Gasteiger charge is 2.12. The van der Waals surface area contributed by atoms with Gasteiger partial charge in [-0.3, -0.25) is 0 Å². The number of nitrogens with one attached hydrogen (secondary N) is 1. The predicted octanol–water partition coefficient (Wildman–Crippen LogP) is 4.66. The predicted molar refractivity (Wildman–Crippen MR) is 109 cm³/mol. The van der Waals surface area contributed by atoms with Gasteiger partial charge in [-0.05, 0) is 53.1 Å². The van der Waals surface area contributed by atoms with Gasteiger partial charge in [0.1, 0.15) is 5.75 Å². The fourth-order valence-electron chi connectivity index (χ4n) is 3.72. The van der Waals surface area contributed by atoms with Crippen molar-refractivity contribution in [2.24, 2.45) is 0 Å². The number of para-hydroxylation sites is 1. The Morgan fingerprint density at radius 2 is 1.71 bits per heavy atom. The van der Waals surface area contributed by atoms with E-state index in [9.17, 15) is 0 Å². The Balaban J connectivity index is 1.40. The van der Waals surface area contributed by atoms with Gasteiger partial charge in [-0.25, -0.2) is 0 Å². The highest BCUT2D eigenvalue weighted by atomic mass is 16.5. The third kappa shape index (κ3) is 4.95. The first-order valence-corrected chi connectivity index (χ1v) is 10.2. The first-order chi connectivity index (χ1) is 13.9. The van der Waals surface area contributed by atoms with Gasteiger partial charge in [-0.2, -0.15) is 4.68 Å². The molecule has 6 nitrogen and oxygen atoms in total. The van der Waals surface area contributed by atoms with Crippen LogP contribution >= 0.6 is 0 Å². The number of hydrogen-bond donors (Lipinski definition) is 1. The van der Waals surface area contributed by atoms with Crippen molar-refractivity contribution >= 4 is 0 Å². The lowest BCUT2D eigenvalue weighted by Crippen LogP contribution is -2.29. The molecule has 0 radical (unpaired) electrons. The molecule has 0 spiro atoms. The second-order valence-electron chi connectivity index (χ2n) is 7.38. The van der Waals surface area contributed by atoms with Gasteiger partial charge < -0.3 is 10.1 Å². The maximum atomic E-state index is 5.97. The molecule has 1 fully saturated rings. The summed E-state index contributed by atoms with van der Waals surface area (Å²) in [5.74, 6) is 0.740. The molecule has 0 unspecified atom stereocenters. The van der Waals surface area contributed by atoms with Crippen molar-refractivity contribution in [2.75, 3.05) is 0 Å². The van der Waals surface area contributed by atoms with Crippen molar-refractivity contribution in [3.63, 3.8) is 0 Å². The largest absolute Gasteiger partial charge is 0.423 e. The lowest BCUT2D eigenvalue weighted by Gasteiger charge is -2.21. The Morgan fingerprint density at radius 3 is 2.54 bits per heavy atom. The van der Waals surface area contributed by atoms with Crippen LogP contribution in [0, 0.1) is 0 Å². The zero-order valence-corrected chi connectivity index (χ0v) is 16.1. The molecule has 2 aromatic carbocycles. The summed E-state index contributed by atoms with van der Waals surface area (Å²) in [6.45, 7) is 0.853. The molecule has 0 saturated heterocycles. The van der Waals surface area contributed by atoms with E-state index in [0.717, 1.165) is 18.0 Å². The van der Waals surface area contributed by atoms with Gasteiger partial charge in [0.2, 0.25) is 0 Å². The second kappa shape index (κ2) is 9.46. The van der Waals surface area contributed by atoms with E-state index >= 15 is 0 Å². The fourth-order valence-corrected chi connectivity index (χ4v) is 3.72. The molecule has 0 bridgehead atoms. The lowest BCUT2D eigenvalue weighted by molar-refractivity contribution is 0.388. The molecular weight excluding hydrogens is 350 g/mol. The number of rotatable bonds is 6. The van der Waals surface area contributed by atoms with Gasteiger partial charge in [0.15, 0.2) is 0 Å². The van der Waals surface area contributed by atoms with E-state index in [2.05, 4.69) is 33.0 Å². The van der Waals surface area contributed by atoms with E-state index in [1.165, 1.54) is 50.5 Å². The Kier molecular flexibility index (Phi) is 6.29. The van der Waals surface area contributed by atoms with Crippen LogP contribution in [0.2, 0.25) is 0 Å². The molecule has 1 saturated carbocycles. The summed E-state index contributed by atoms with van der Waals surface area (Å²) < 4.78 is 7.57. The van der Waals surface area contributed by atoms with Crippen LogP contribution in [0.1, 0.15) is 50.5 Å². The molecule has 28 heavy (non-hydrogen) atoms. The Labute approximate surface area is 165 Å². The number of ether oxygens (including phenoxy) is 1. The molecule has 6 heteroatoms. The summed E-state index contributed by atoms with van der Waals surface area (Å²) in [5.41, 5.74) is 2.07. The van der Waals surface area contributed by atoms with E-state index in [1.807, 2.05) is 42.5 Å². The van der Waals surface area contributed by atoms with Gasteiger partial charge in [0.25, 0.3) is 0 Å². The highest BCUT2D eigenvalue weighted by Crippen LogP contribution is 2.23. The summed E-state index contributed by atoms with van der Waals surface area (Å²) in [6, 6.07) is 18.8. The Morgan fingerprint density at radius 1 is 0.929 bits per heavy atom. The molecule has 1 heterocycles. The van der Waals surface area contributed by atoms with Gasteiger partial charge >= 0.3 is 6.01 Å². The van der Waals surface area contributed by atoms with E-state index in [0.29, 0.717) is 12.1 Å². The van der Waals surface area contributed by atoms with Gasteiger partial charge in [-0.1, -0.05) is 67.5 Å². The maximum absolute atomic E-state index is 5.97. The third-order valence-electron chi connectivity index (χ3n) is 5.25. The maximum Gasteiger partial charge on any atom is 0.345 e. The zero-order valence-electron chi connectivity index (χ0n) is 16.1. The van der Waals surface area contributed by atoms with Crippen LogP contribution in [-0.2, 0) is 6.54 Å². The van der Waals surface area contributed by atoms with Crippen LogP contribution in [0.3, 0.4) is 0 Å². The topological polar surface area (TPSA) is 64.9 Å². The third-order valence-corrected chi connectivity index (χ3v) is 5.25. The normalized spacial score (nSPS) is 15.7. The summed E-state index contributed by atoms with van der Waals surface area (Å²) in [4.78, 5) is 0. The number of nitrogens with zero attached hydrogens (tertiary/aromatic N) is 4. The van der Waals surface area contributed by atoms with Crippen LogP contribution in [0.15, 0.2) is 54.6 Å². The van der Waals surface area contributed by atoms with Crippen LogP contribution in [0.25, 0.3) is 5.69 Å². The minimum atomic E-state index is 0.358. The second-order valence-corrected chi connectivity index (χ2v) is 7.38.